The van der Waals surface area contributed by atoms with Gasteiger partial charge in [0.25, 0.3) is 0 Å². The van der Waals surface area contributed by atoms with Gasteiger partial charge in [0.1, 0.15) is 0 Å². The molecule has 0 aromatic heterocycles. The highest BCUT2D eigenvalue weighted by Gasteiger charge is 2.29. The molecule has 15 heavy (non-hydrogen) atoms. The van der Waals surface area contributed by atoms with E-state index >= 15 is 0 Å². The van der Waals surface area contributed by atoms with Gasteiger partial charge in [-0.15, -0.1) is 0 Å². The smallest absolute Gasteiger partial charge is 0.237 e. The van der Waals surface area contributed by atoms with Crippen LogP contribution in [0.2, 0.25) is 0 Å². The maximum absolute atomic E-state index is 11.6. The molecular formula is C11H19N3O. The Morgan fingerprint density at radius 2 is 2.40 bits per heavy atom. The highest BCUT2D eigenvalue weighted by molar-refractivity contribution is 5.81. The molecule has 1 N–H and O–H groups in total. The van der Waals surface area contributed by atoms with Gasteiger partial charge in [0.15, 0.2) is 0 Å². The van der Waals surface area contributed by atoms with Crippen molar-refractivity contribution >= 4 is 5.91 Å². The first-order valence-corrected chi connectivity index (χ1v) is 5.63. The highest BCUT2D eigenvalue weighted by atomic mass is 16.2. The Morgan fingerprint density at radius 3 is 3.00 bits per heavy atom. The van der Waals surface area contributed by atoms with Crippen LogP contribution in [0.3, 0.4) is 0 Å². The van der Waals surface area contributed by atoms with Gasteiger partial charge in [0, 0.05) is 13.1 Å². The Kier molecular flexibility index (Phi) is 4.57. The van der Waals surface area contributed by atoms with Crippen molar-refractivity contribution in [3.05, 3.63) is 0 Å². The van der Waals surface area contributed by atoms with Crippen molar-refractivity contribution in [1.82, 2.24) is 10.2 Å². The third-order valence-corrected chi connectivity index (χ3v) is 2.92. The second-order valence-electron chi connectivity index (χ2n) is 3.95. The topological polar surface area (TPSA) is 56.1 Å². The van der Waals surface area contributed by atoms with Crippen LogP contribution in [-0.2, 0) is 4.79 Å². The number of nitrogens with one attached hydrogen (secondary N) is 1. The summed E-state index contributed by atoms with van der Waals surface area (Å²) in [6.07, 6.45) is 3.07. The average molecular weight is 209 g/mol. The molecule has 0 aromatic rings. The zero-order valence-corrected chi connectivity index (χ0v) is 9.49. The fourth-order valence-electron chi connectivity index (χ4n) is 2.03. The fraction of sp³-hybridized carbons (Fsp3) is 0.818. The van der Waals surface area contributed by atoms with Gasteiger partial charge < -0.3 is 5.32 Å². The number of nitrogens with zero attached hydrogens (tertiary/aromatic N) is 2. The van der Waals surface area contributed by atoms with Crippen LogP contribution in [0.25, 0.3) is 0 Å². The number of hydrogen-bond donors (Lipinski definition) is 1. The summed E-state index contributed by atoms with van der Waals surface area (Å²) in [5.41, 5.74) is 0. The summed E-state index contributed by atoms with van der Waals surface area (Å²) in [4.78, 5) is 13.7. The summed E-state index contributed by atoms with van der Waals surface area (Å²) in [6, 6.07) is 2.01. The van der Waals surface area contributed by atoms with Crippen molar-refractivity contribution < 1.29 is 4.79 Å². The van der Waals surface area contributed by atoms with Crippen molar-refractivity contribution in [2.24, 2.45) is 0 Å². The lowest BCUT2D eigenvalue weighted by atomic mass is 10.0. The van der Waals surface area contributed by atoms with Crippen molar-refractivity contribution in [2.45, 2.75) is 45.2 Å². The minimum absolute atomic E-state index is 0.0275. The zero-order chi connectivity index (χ0) is 11.3. The molecule has 1 aliphatic rings. The first-order chi connectivity index (χ1) is 7.20. The molecule has 0 saturated carbocycles. The maximum atomic E-state index is 11.6. The molecule has 1 heterocycles. The Bertz CT molecular complexity index is 259. The minimum atomic E-state index is -0.185. The van der Waals surface area contributed by atoms with Crippen molar-refractivity contribution in [3.63, 3.8) is 0 Å². The van der Waals surface area contributed by atoms with Crippen molar-refractivity contribution in [3.8, 4) is 6.07 Å². The molecule has 0 bridgehead atoms. The average Bonchev–Trinajstić information content (AvgIpc) is 2.28. The SMILES string of the molecule is CCNC(=O)C(C)N1CCCCC1C#N. The third-order valence-electron chi connectivity index (χ3n) is 2.92. The van der Waals surface area contributed by atoms with Gasteiger partial charge in [0.2, 0.25) is 5.91 Å². The van der Waals surface area contributed by atoms with Crippen molar-refractivity contribution in [1.29, 1.82) is 5.26 Å². The van der Waals surface area contributed by atoms with Crippen LogP contribution in [0.5, 0.6) is 0 Å². The van der Waals surface area contributed by atoms with Crippen LogP contribution < -0.4 is 5.32 Å². The molecule has 4 heteroatoms. The lowest BCUT2D eigenvalue weighted by molar-refractivity contribution is -0.126. The molecule has 1 saturated heterocycles. The van der Waals surface area contributed by atoms with Crippen molar-refractivity contribution in [2.75, 3.05) is 13.1 Å². The highest BCUT2D eigenvalue weighted by Crippen LogP contribution is 2.18. The van der Waals surface area contributed by atoms with E-state index in [1.807, 2.05) is 18.7 Å². The van der Waals surface area contributed by atoms with Crippen LogP contribution in [0, 0.1) is 11.3 Å². The molecule has 0 spiro atoms. The van der Waals surface area contributed by atoms with E-state index < -0.39 is 0 Å². The lowest BCUT2D eigenvalue weighted by Crippen LogP contribution is -2.51. The second-order valence-corrected chi connectivity index (χ2v) is 3.95. The maximum Gasteiger partial charge on any atom is 0.237 e. The van der Waals surface area contributed by atoms with E-state index in [1.165, 1.54) is 0 Å². The molecule has 1 fully saturated rings. The van der Waals surface area contributed by atoms with Gasteiger partial charge >= 0.3 is 0 Å². The summed E-state index contributed by atoms with van der Waals surface area (Å²) >= 11 is 0. The zero-order valence-electron chi connectivity index (χ0n) is 9.49. The summed E-state index contributed by atoms with van der Waals surface area (Å²) in [6.45, 7) is 5.29. The first-order valence-electron chi connectivity index (χ1n) is 5.63. The molecule has 2 unspecified atom stereocenters. The quantitative estimate of drug-likeness (QED) is 0.751. The molecule has 1 amide bonds. The van der Waals surface area contributed by atoms with Gasteiger partial charge in [-0.2, -0.15) is 5.26 Å². The third kappa shape index (κ3) is 2.93. The van der Waals surface area contributed by atoms with Gasteiger partial charge in [-0.3, -0.25) is 9.69 Å². The molecule has 1 rings (SSSR count). The van der Waals surface area contributed by atoms with Crippen LogP contribution >= 0.6 is 0 Å². The summed E-state index contributed by atoms with van der Waals surface area (Å²) in [5, 5.41) is 11.8. The first kappa shape index (κ1) is 12.0. The molecule has 0 aromatic carbocycles. The Balaban J connectivity index is 2.59. The molecule has 0 radical (unpaired) electrons. The number of carbonyl (C=O) groups is 1. The number of carbonyl (C=O) groups excluding carboxylic acids is 1. The van der Waals surface area contributed by atoms with Gasteiger partial charge in [-0.1, -0.05) is 0 Å². The van der Waals surface area contributed by atoms with Gasteiger partial charge in [-0.25, -0.2) is 0 Å². The molecule has 84 valence electrons. The lowest BCUT2D eigenvalue weighted by Gasteiger charge is -2.35. The normalized spacial score (nSPS) is 24.2. The number of piperidine rings is 1. The van der Waals surface area contributed by atoms with E-state index in [1.54, 1.807) is 0 Å². The molecule has 0 aliphatic carbocycles. The van der Waals surface area contributed by atoms with Crippen LogP contribution in [0.1, 0.15) is 33.1 Å². The van der Waals surface area contributed by atoms with Crippen LogP contribution in [0.15, 0.2) is 0 Å². The number of nitriles is 1. The number of hydrogen-bond acceptors (Lipinski definition) is 3. The van der Waals surface area contributed by atoms with E-state index in [9.17, 15) is 4.79 Å². The Hall–Kier alpha value is -1.08. The molecule has 2 atom stereocenters. The number of rotatable bonds is 3. The summed E-state index contributed by atoms with van der Waals surface area (Å²) in [7, 11) is 0. The number of likely N-dealkylation sites (tertiary alicyclic amines) is 1. The van der Waals surface area contributed by atoms with Gasteiger partial charge in [0.05, 0.1) is 18.2 Å². The number of likely N-dealkylation sites (N-methyl/N-ethyl adjacent to an activating group) is 1. The van der Waals surface area contributed by atoms with Crippen LogP contribution in [0.4, 0.5) is 0 Å². The fourth-order valence-corrected chi connectivity index (χ4v) is 2.03. The second kappa shape index (κ2) is 5.72. The van der Waals surface area contributed by atoms with Crippen LogP contribution in [-0.4, -0.2) is 36.0 Å². The van der Waals surface area contributed by atoms with E-state index in [0.29, 0.717) is 6.54 Å². The standard InChI is InChI=1S/C11H19N3O/c1-3-13-11(15)9(2)14-7-5-4-6-10(14)8-12/h9-10H,3-7H2,1-2H3,(H,13,15). The molecular weight excluding hydrogens is 190 g/mol. The predicted octanol–water partition coefficient (Wildman–Crippen LogP) is 0.889. The largest absolute Gasteiger partial charge is 0.355 e. The summed E-state index contributed by atoms with van der Waals surface area (Å²) in [5.74, 6) is 0.0275. The monoisotopic (exact) mass is 209 g/mol. The predicted molar refractivity (Wildman–Crippen MR) is 58.1 cm³/mol. The van der Waals surface area contributed by atoms with E-state index in [-0.39, 0.29) is 18.0 Å². The molecule has 4 nitrogen and oxygen atoms in total. The summed E-state index contributed by atoms with van der Waals surface area (Å²) < 4.78 is 0. The number of amides is 1. The Labute approximate surface area is 91.2 Å². The molecule has 1 aliphatic heterocycles. The van der Waals surface area contributed by atoms with E-state index in [0.717, 1.165) is 25.8 Å². The van der Waals surface area contributed by atoms with Gasteiger partial charge in [-0.05, 0) is 33.1 Å². The minimum Gasteiger partial charge on any atom is -0.355 e. The Morgan fingerprint density at radius 1 is 1.67 bits per heavy atom. The van der Waals surface area contributed by atoms with E-state index in [4.69, 9.17) is 5.26 Å². The van der Waals surface area contributed by atoms with E-state index in [2.05, 4.69) is 11.4 Å².